The number of likely N-dealkylation sites (N-methyl/N-ethyl adjacent to an activating group) is 1. The molecule has 3 aromatic rings. The van der Waals surface area contributed by atoms with E-state index in [2.05, 4.69) is 16.0 Å². The lowest BCUT2D eigenvalue weighted by Crippen LogP contribution is -2.25. The van der Waals surface area contributed by atoms with E-state index in [0.717, 1.165) is 5.56 Å². The zero-order chi connectivity index (χ0) is 26.2. The van der Waals surface area contributed by atoms with Crippen molar-refractivity contribution >= 4 is 29.0 Å². The monoisotopic (exact) mass is 491 g/mol. The van der Waals surface area contributed by atoms with Crippen molar-refractivity contribution in [2.24, 2.45) is 5.73 Å². The van der Waals surface area contributed by atoms with Crippen molar-refractivity contribution in [2.75, 3.05) is 24.3 Å². The molecule has 0 spiro atoms. The number of amides is 2. The molecule has 3 aromatic carbocycles. The van der Waals surface area contributed by atoms with Gasteiger partial charge in [-0.15, -0.1) is 0 Å². The first-order valence-corrected chi connectivity index (χ1v) is 11.1. The summed E-state index contributed by atoms with van der Waals surface area (Å²) in [4.78, 5) is 24.7. The number of carbonyl (C=O) groups excluding carboxylic acids is 2. The maximum atomic E-state index is 13.1. The molecule has 0 atom stereocenters. The Hall–Kier alpha value is -4.57. The van der Waals surface area contributed by atoms with Gasteiger partial charge in [-0.25, -0.2) is 0 Å². The van der Waals surface area contributed by atoms with Crippen LogP contribution in [0.2, 0.25) is 0 Å². The maximum Gasteiger partial charge on any atom is 0.257 e. The molecule has 0 aliphatic rings. The average molecular weight is 492 g/mol. The molecule has 3 rings (SSSR count). The number of anilines is 2. The van der Waals surface area contributed by atoms with Crippen molar-refractivity contribution in [3.63, 3.8) is 0 Å². The molecule has 8 N–H and O–H groups in total. The number of nitrogens with one attached hydrogen (secondary N) is 4. The molecule has 0 fully saturated rings. The van der Waals surface area contributed by atoms with E-state index in [9.17, 15) is 19.8 Å². The number of hydrogen-bond acceptors (Lipinski definition) is 7. The van der Waals surface area contributed by atoms with E-state index >= 15 is 0 Å². The van der Waals surface area contributed by atoms with Gasteiger partial charge in [-0.2, -0.15) is 0 Å². The Labute approximate surface area is 208 Å². The average Bonchev–Trinajstić information content (AvgIpc) is 2.87. The predicted molar refractivity (Wildman–Crippen MR) is 138 cm³/mol. The summed E-state index contributed by atoms with van der Waals surface area (Å²) in [5.74, 6) is -0.883. The van der Waals surface area contributed by atoms with Gasteiger partial charge in [-0.1, -0.05) is 11.6 Å². The van der Waals surface area contributed by atoms with Crippen LogP contribution in [0.25, 0.3) is 0 Å². The number of phenolic OH excluding ortho intramolecular Hbond substituents is 1. The van der Waals surface area contributed by atoms with Crippen LogP contribution in [0.15, 0.2) is 54.6 Å². The lowest BCUT2D eigenvalue weighted by molar-refractivity contribution is -0.122. The molecule has 36 heavy (non-hydrogen) atoms. The van der Waals surface area contributed by atoms with Crippen molar-refractivity contribution in [2.45, 2.75) is 20.1 Å². The van der Waals surface area contributed by atoms with E-state index in [1.54, 1.807) is 42.5 Å². The van der Waals surface area contributed by atoms with Crippen molar-refractivity contribution in [3.05, 3.63) is 82.4 Å². The van der Waals surface area contributed by atoms with Gasteiger partial charge in [0.05, 0.1) is 12.2 Å². The molecule has 0 bridgehead atoms. The van der Waals surface area contributed by atoms with Crippen LogP contribution >= 0.6 is 0 Å². The van der Waals surface area contributed by atoms with Gasteiger partial charge in [0.15, 0.2) is 18.1 Å². The number of nitrogen functional groups attached to an aromatic ring is 1. The first-order chi connectivity index (χ1) is 17.2. The van der Waals surface area contributed by atoms with E-state index in [1.807, 2.05) is 13.0 Å². The molecule has 0 radical (unpaired) electrons. The second kappa shape index (κ2) is 11.7. The van der Waals surface area contributed by atoms with Crippen LogP contribution in [0.1, 0.15) is 32.6 Å². The zero-order valence-electron chi connectivity index (χ0n) is 20.0. The minimum absolute atomic E-state index is 0.0620. The largest absolute Gasteiger partial charge is 0.504 e. The second-order valence-electron chi connectivity index (χ2n) is 8.07. The molecule has 0 aliphatic carbocycles. The number of nitrogens with two attached hydrogens (primary N) is 1. The third kappa shape index (κ3) is 6.51. The highest BCUT2D eigenvalue weighted by Gasteiger charge is 2.16. The summed E-state index contributed by atoms with van der Waals surface area (Å²) < 4.78 is 5.52. The molecule has 0 saturated carbocycles. The topological polar surface area (TPSA) is 170 Å². The molecular weight excluding hydrogens is 462 g/mol. The fourth-order valence-electron chi connectivity index (χ4n) is 3.46. The van der Waals surface area contributed by atoms with Gasteiger partial charge in [0.2, 0.25) is 0 Å². The fraction of sp³-hybridized carbons (Fsp3) is 0.192. The minimum Gasteiger partial charge on any atom is -0.504 e. The molecule has 10 nitrogen and oxygen atoms in total. The molecule has 0 heterocycles. The van der Waals surface area contributed by atoms with Gasteiger partial charge in [-0.05, 0) is 61.0 Å². The molecule has 2 amide bonds. The number of benzene rings is 3. The van der Waals surface area contributed by atoms with Crippen LogP contribution < -0.4 is 26.4 Å². The molecule has 0 saturated heterocycles. The maximum absolute atomic E-state index is 13.1. The molecule has 0 aromatic heterocycles. The number of hydrogen-bond donors (Lipinski definition) is 7. The Morgan fingerprint density at radius 1 is 1.08 bits per heavy atom. The number of ether oxygens (including phenoxy) is 1. The highest BCUT2D eigenvalue weighted by atomic mass is 16.5. The quantitative estimate of drug-likeness (QED) is 0.169. The standard InChI is InChI=1S/C26H29N5O5/c1-15-3-8-21(20(9-15)26(35)31-19-6-4-17(5-7-19)25(27)28)30-12-18-10-16(13-32)11-22(33)24(18)36-14-23(34)29-2/h3-11,30,32-33H,12-14H2,1-2H3,(H3,27,28)(H,29,34)(H,31,35). The van der Waals surface area contributed by atoms with E-state index in [0.29, 0.717) is 33.6 Å². The van der Waals surface area contributed by atoms with Gasteiger partial charge in [0.25, 0.3) is 11.8 Å². The number of phenols is 1. The van der Waals surface area contributed by atoms with Gasteiger partial charge in [0.1, 0.15) is 5.84 Å². The Bertz CT molecular complexity index is 1270. The molecule has 188 valence electrons. The number of aryl methyl sites for hydroxylation is 1. The Morgan fingerprint density at radius 3 is 2.44 bits per heavy atom. The SMILES string of the molecule is CNC(=O)COc1c(O)cc(CO)cc1CNc1ccc(C)cc1C(=O)Nc1ccc(C(=N)N)cc1. The summed E-state index contributed by atoms with van der Waals surface area (Å²) in [5, 5.41) is 35.9. The minimum atomic E-state index is -0.367. The lowest BCUT2D eigenvalue weighted by atomic mass is 10.1. The van der Waals surface area contributed by atoms with Crippen LogP contribution in [0.3, 0.4) is 0 Å². The van der Waals surface area contributed by atoms with Crippen LogP contribution in [0, 0.1) is 12.3 Å². The predicted octanol–water partition coefficient (Wildman–Crippen LogP) is 2.47. The Balaban J connectivity index is 1.84. The van der Waals surface area contributed by atoms with Gasteiger partial charge in [-0.3, -0.25) is 15.0 Å². The van der Waals surface area contributed by atoms with Gasteiger partial charge in [0, 0.05) is 36.1 Å². The van der Waals surface area contributed by atoms with Gasteiger partial charge >= 0.3 is 0 Å². The third-order valence-electron chi connectivity index (χ3n) is 5.36. The summed E-state index contributed by atoms with van der Waals surface area (Å²) in [6, 6.07) is 15.0. The van der Waals surface area contributed by atoms with Crippen molar-refractivity contribution in [3.8, 4) is 11.5 Å². The van der Waals surface area contributed by atoms with Crippen LogP contribution in [0.4, 0.5) is 11.4 Å². The van der Waals surface area contributed by atoms with E-state index in [4.69, 9.17) is 15.9 Å². The molecule has 0 aliphatic heterocycles. The van der Waals surface area contributed by atoms with E-state index < -0.39 is 0 Å². The summed E-state index contributed by atoms with van der Waals surface area (Å²) in [6.07, 6.45) is 0. The smallest absolute Gasteiger partial charge is 0.257 e. The third-order valence-corrected chi connectivity index (χ3v) is 5.36. The molecular formula is C26H29N5O5. The van der Waals surface area contributed by atoms with Crippen LogP contribution in [0.5, 0.6) is 11.5 Å². The molecule has 10 heteroatoms. The van der Waals surface area contributed by atoms with E-state index in [1.165, 1.54) is 13.1 Å². The highest BCUT2D eigenvalue weighted by Crippen LogP contribution is 2.33. The summed E-state index contributed by atoms with van der Waals surface area (Å²) in [7, 11) is 1.48. The zero-order valence-corrected chi connectivity index (χ0v) is 20.0. The Kier molecular flexibility index (Phi) is 8.48. The number of aliphatic hydroxyl groups excluding tert-OH is 1. The van der Waals surface area contributed by atoms with Crippen LogP contribution in [-0.2, 0) is 17.9 Å². The number of carbonyl (C=O) groups is 2. The molecule has 0 unspecified atom stereocenters. The van der Waals surface area contributed by atoms with Crippen molar-refractivity contribution < 1.29 is 24.5 Å². The first kappa shape index (κ1) is 26.0. The van der Waals surface area contributed by atoms with Crippen molar-refractivity contribution in [1.29, 1.82) is 5.41 Å². The lowest BCUT2D eigenvalue weighted by Gasteiger charge is -2.17. The summed E-state index contributed by atoms with van der Waals surface area (Å²) in [6.45, 7) is 1.42. The number of amidine groups is 1. The number of rotatable bonds is 10. The van der Waals surface area contributed by atoms with Crippen molar-refractivity contribution in [1.82, 2.24) is 5.32 Å². The highest BCUT2D eigenvalue weighted by molar-refractivity contribution is 6.08. The number of aliphatic hydroxyl groups is 1. The first-order valence-electron chi connectivity index (χ1n) is 11.1. The number of aromatic hydroxyl groups is 1. The summed E-state index contributed by atoms with van der Waals surface area (Å²) >= 11 is 0. The van der Waals surface area contributed by atoms with Gasteiger partial charge < -0.3 is 36.6 Å². The Morgan fingerprint density at radius 2 is 1.81 bits per heavy atom. The summed E-state index contributed by atoms with van der Waals surface area (Å²) in [5.41, 5.74) is 9.34. The van der Waals surface area contributed by atoms with E-state index in [-0.39, 0.29) is 48.9 Å². The fourth-order valence-corrected chi connectivity index (χ4v) is 3.46. The normalized spacial score (nSPS) is 10.4. The second-order valence-corrected chi connectivity index (χ2v) is 8.07. The van der Waals surface area contributed by atoms with Crippen LogP contribution in [-0.4, -0.2) is 41.5 Å².